The molecule has 0 radical (unpaired) electrons. The van der Waals surface area contributed by atoms with Gasteiger partial charge in [0.1, 0.15) is 0 Å². The molecule has 2 aliphatic rings. The Labute approximate surface area is 160 Å². The summed E-state index contributed by atoms with van der Waals surface area (Å²) in [6, 6.07) is 1.94. The van der Waals surface area contributed by atoms with Crippen molar-refractivity contribution in [2.24, 2.45) is 13.0 Å². The molecule has 8 heteroatoms. The molecule has 0 aliphatic carbocycles. The molecule has 0 unspecified atom stereocenters. The molecule has 1 atom stereocenters. The van der Waals surface area contributed by atoms with Crippen molar-refractivity contribution in [3.63, 3.8) is 0 Å². The summed E-state index contributed by atoms with van der Waals surface area (Å²) in [5.41, 5.74) is 1.45. The zero-order valence-electron chi connectivity index (χ0n) is 16.5. The van der Waals surface area contributed by atoms with Crippen LogP contribution in [0.15, 0.2) is 6.07 Å². The fourth-order valence-corrected chi connectivity index (χ4v) is 3.79. The Kier molecular flexibility index (Phi) is 6.36. The van der Waals surface area contributed by atoms with Gasteiger partial charge >= 0.3 is 6.09 Å². The van der Waals surface area contributed by atoms with Gasteiger partial charge in [0.2, 0.25) is 0 Å². The predicted molar refractivity (Wildman–Crippen MR) is 99.5 cm³/mol. The number of amides is 2. The first-order chi connectivity index (χ1) is 13.0. The van der Waals surface area contributed by atoms with E-state index in [0.29, 0.717) is 44.5 Å². The lowest BCUT2D eigenvalue weighted by atomic mass is 10.00. The molecule has 2 fully saturated rings. The molecule has 150 valence electrons. The maximum Gasteiger partial charge on any atom is 0.409 e. The van der Waals surface area contributed by atoms with Gasteiger partial charge < -0.3 is 19.3 Å². The highest BCUT2D eigenvalue weighted by Crippen LogP contribution is 2.23. The van der Waals surface area contributed by atoms with Gasteiger partial charge in [-0.05, 0) is 39.2 Å². The van der Waals surface area contributed by atoms with Gasteiger partial charge in [0.15, 0.2) is 5.69 Å². The van der Waals surface area contributed by atoms with Crippen LogP contribution in [0.5, 0.6) is 0 Å². The highest BCUT2D eigenvalue weighted by molar-refractivity contribution is 5.92. The fraction of sp³-hybridized carbons (Fsp3) is 0.737. The molecular weight excluding hydrogens is 348 g/mol. The summed E-state index contributed by atoms with van der Waals surface area (Å²) >= 11 is 0. The lowest BCUT2D eigenvalue weighted by molar-refractivity contribution is 0.0481. The molecule has 27 heavy (non-hydrogen) atoms. The van der Waals surface area contributed by atoms with Gasteiger partial charge in [0.05, 0.1) is 13.2 Å². The van der Waals surface area contributed by atoms with E-state index in [2.05, 4.69) is 5.10 Å². The third kappa shape index (κ3) is 4.61. The molecule has 8 nitrogen and oxygen atoms in total. The number of likely N-dealkylation sites (tertiary alicyclic amines) is 1. The van der Waals surface area contributed by atoms with Gasteiger partial charge in [0.25, 0.3) is 5.91 Å². The summed E-state index contributed by atoms with van der Waals surface area (Å²) in [4.78, 5) is 28.9. The first kappa shape index (κ1) is 19.7. The Hall–Kier alpha value is -2.09. The van der Waals surface area contributed by atoms with E-state index in [4.69, 9.17) is 9.47 Å². The molecule has 0 N–H and O–H groups in total. The van der Waals surface area contributed by atoms with Crippen LogP contribution in [0.2, 0.25) is 0 Å². The number of carbonyl (C=O) groups is 2. The largest absolute Gasteiger partial charge is 0.450 e. The number of aryl methyl sites for hydroxylation is 2. The van der Waals surface area contributed by atoms with E-state index in [1.54, 1.807) is 9.58 Å². The molecule has 3 heterocycles. The third-order valence-corrected chi connectivity index (χ3v) is 5.50. The van der Waals surface area contributed by atoms with Crippen LogP contribution in [0, 0.1) is 12.8 Å². The molecule has 1 aromatic rings. The Morgan fingerprint density at radius 1 is 1.33 bits per heavy atom. The van der Waals surface area contributed by atoms with Crippen LogP contribution < -0.4 is 0 Å². The van der Waals surface area contributed by atoms with Crippen LogP contribution in [-0.2, 0) is 16.5 Å². The zero-order chi connectivity index (χ0) is 19.4. The summed E-state index contributed by atoms with van der Waals surface area (Å²) in [5, 5.41) is 4.38. The van der Waals surface area contributed by atoms with E-state index < -0.39 is 0 Å². The molecule has 0 saturated carbocycles. The van der Waals surface area contributed by atoms with Crippen molar-refractivity contribution in [1.29, 1.82) is 0 Å². The maximum absolute atomic E-state index is 13.2. The molecule has 1 aromatic heterocycles. The zero-order valence-corrected chi connectivity index (χ0v) is 16.5. The average Bonchev–Trinajstić information content (AvgIpc) is 3.29. The first-order valence-electron chi connectivity index (χ1n) is 9.80. The van der Waals surface area contributed by atoms with Gasteiger partial charge in [-0.15, -0.1) is 0 Å². The van der Waals surface area contributed by atoms with Crippen LogP contribution in [0.1, 0.15) is 42.4 Å². The Morgan fingerprint density at radius 3 is 2.63 bits per heavy atom. The minimum atomic E-state index is -0.265. The van der Waals surface area contributed by atoms with Gasteiger partial charge in [-0.25, -0.2) is 4.79 Å². The molecule has 2 saturated heterocycles. The van der Waals surface area contributed by atoms with E-state index in [1.165, 1.54) is 0 Å². The third-order valence-electron chi connectivity index (χ3n) is 5.50. The molecule has 0 bridgehead atoms. The SMILES string of the molecule is CCOC(=O)N1CCC(N(C[C@H]2CCOC2)C(=O)c2cc(C)n(C)n2)CC1. The van der Waals surface area contributed by atoms with Gasteiger partial charge in [-0.2, -0.15) is 5.10 Å². The number of piperidine rings is 1. The number of aromatic nitrogens is 2. The number of carbonyl (C=O) groups excluding carboxylic acids is 2. The molecule has 3 rings (SSSR count). The summed E-state index contributed by atoms with van der Waals surface area (Å²) in [6.45, 7) is 7.48. The van der Waals surface area contributed by atoms with Crippen molar-refractivity contribution < 1.29 is 19.1 Å². The highest BCUT2D eigenvalue weighted by Gasteiger charge is 2.33. The summed E-state index contributed by atoms with van der Waals surface area (Å²) < 4.78 is 12.3. The second-order valence-electron chi connectivity index (χ2n) is 7.40. The normalized spacial score (nSPS) is 20.7. The van der Waals surface area contributed by atoms with E-state index >= 15 is 0 Å². The summed E-state index contributed by atoms with van der Waals surface area (Å²) in [5.74, 6) is 0.335. The van der Waals surface area contributed by atoms with E-state index in [1.807, 2.05) is 31.9 Å². The second-order valence-corrected chi connectivity index (χ2v) is 7.40. The molecule has 2 amide bonds. The lowest BCUT2D eigenvalue weighted by Gasteiger charge is -2.38. The van der Waals surface area contributed by atoms with Crippen molar-refractivity contribution >= 4 is 12.0 Å². The van der Waals surface area contributed by atoms with Gasteiger partial charge in [-0.1, -0.05) is 0 Å². The van der Waals surface area contributed by atoms with E-state index in [0.717, 1.165) is 31.6 Å². The van der Waals surface area contributed by atoms with Crippen molar-refractivity contribution in [1.82, 2.24) is 19.6 Å². The second kappa shape index (κ2) is 8.73. The average molecular weight is 378 g/mol. The van der Waals surface area contributed by atoms with Crippen LogP contribution in [0.4, 0.5) is 4.79 Å². The van der Waals surface area contributed by atoms with Crippen molar-refractivity contribution in [3.05, 3.63) is 17.5 Å². The first-order valence-corrected chi connectivity index (χ1v) is 9.80. The van der Waals surface area contributed by atoms with Crippen LogP contribution in [0.3, 0.4) is 0 Å². The number of ether oxygens (including phenoxy) is 2. The highest BCUT2D eigenvalue weighted by atomic mass is 16.6. The van der Waals surface area contributed by atoms with Crippen LogP contribution in [-0.4, -0.2) is 77.1 Å². The topological polar surface area (TPSA) is 76.9 Å². The minimum Gasteiger partial charge on any atom is -0.450 e. The Balaban J connectivity index is 1.70. The molecule has 0 aromatic carbocycles. The standard InChI is InChI=1S/C19H30N4O4/c1-4-27-19(25)22-8-5-16(6-9-22)23(12-15-7-10-26-13-15)18(24)17-11-14(2)21(3)20-17/h11,15-16H,4-10,12-13H2,1-3H3/t15-/m1/s1. The van der Waals surface area contributed by atoms with Crippen molar-refractivity contribution in [2.75, 3.05) is 39.5 Å². The number of nitrogens with zero attached hydrogens (tertiary/aromatic N) is 4. The van der Waals surface area contributed by atoms with E-state index in [9.17, 15) is 9.59 Å². The summed E-state index contributed by atoms with van der Waals surface area (Å²) in [7, 11) is 1.85. The minimum absolute atomic E-state index is 0.0276. The monoisotopic (exact) mass is 378 g/mol. The number of rotatable bonds is 5. The Morgan fingerprint density at radius 2 is 2.07 bits per heavy atom. The summed E-state index contributed by atoms with van der Waals surface area (Å²) in [6.07, 6.45) is 2.22. The lowest BCUT2D eigenvalue weighted by Crippen LogP contribution is -2.50. The maximum atomic E-state index is 13.2. The van der Waals surface area contributed by atoms with Crippen molar-refractivity contribution in [2.45, 2.75) is 39.2 Å². The Bertz CT molecular complexity index is 641. The number of hydrogen-bond acceptors (Lipinski definition) is 5. The van der Waals surface area contributed by atoms with Gasteiger partial charge in [0, 0.05) is 50.9 Å². The van der Waals surface area contributed by atoms with Crippen molar-refractivity contribution in [3.8, 4) is 0 Å². The predicted octanol–water partition coefficient (Wildman–Crippen LogP) is 1.83. The van der Waals surface area contributed by atoms with Gasteiger partial charge in [-0.3, -0.25) is 9.48 Å². The van der Waals surface area contributed by atoms with Crippen LogP contribution in [0.25, 0.3) is 0 Å². The number of hydrogen-bond donors (Lipinski definition) is 0. The fourth-order valence-electron chi connectivity index (χ4n) is 3.79. The van der Waals surface area contributed by atoms with E-state index in [-0.39, 0.29) is 18.0 Å². The quantitative estimate of drug-likeness (QED) is 0.781. The smallest absolute Gasteiger partial charge is 0.409 e. The molecule has 0 spiro atoms. The van der Waals surface area contributed by atoms with Crippen LogP contribution >= 0.6 is 0 Å². The molecular formula is C19H30N4O4. The molecule has 2 aliphatic heterocycles.